The average Bonchev–Trinajstić information content (AvgIpc) is 2.00. The standard InChI is InChI=1S/C7H17N3S/c1-7(2,11-4)5-10-6(8)9-3/h5H2,1-4H3,(H3,8,9,10). The van der Waals surface area contributed by atoms with E-state index >= 15 is 0 Å². The van der Waals surface area contributed by atoms with Crippen molar-refractivity contribution < 1.29 is 0 Å². The fourth-order valence-corrected chi connectivity index (χ4v) is 0.671. The molecular weight excluding hydrogens is 158 g/mol. The van der Waals surface area contributed by atoms with Gasteiger partial charge in [0.05, 0.1) is 0 Å². The summed E-state index contributed by atoms with van der Waals surface area (Å²) in [5.41, 5.74) is 5.46. The zero-order valence-electron chi connectivity index (χ0n) is 7.64. The van der Waals surface area contributed by atoms with Crippen LogP contribution in [-0.2, 0) is 0 Å². The first-order valence-corrected chi connectivity index (χ1v) is 4.75. The van der Waals surface area contributed by atoms with Crippen molar-refractivity contribution in [2.75, 3.05) is 19.8 Å². The van der Waals surface area contributed by atoms with Gasteiger partial charge < -0.3 is 11.1 Å². The van der Waals surface area contributed by atoms with E-state index in [0.29, 0.717) is 5.96 Å². The Labute approximate surface area is 72.8 Å². The third-order valence-corrected chi connectivity index (χ3v) is 2.74. The van der Waals surface area contributed by atoms with E-state index in [1.165, 1.54) is 0 Å². The number of hydrogen-bond donors (Lipinski definition) is 2. The molecule has 0 saturated carbocycles. The largest absolute Gasteiger partial charge is 0.370 e. The quantitative estimate of drug-likeness (QED) is 0.489. The molecule has 4 heteroatoms. The SMILES string of the molecule is CN=C(N)NCC(C)(C)SC. The maximum Gasteiger partial charge on any atom is 0.188 e. The van der Waals surface area contributed by atoms with E-state index in [-0.39, 0.29) is 4.75 Å². The van der Waals surface area contributed by atoms with Gasteiger partial charge in [-0.2, -0.15) is 11.8 Å². The Hall–Kier alpha value is -0.380. The van der Waals surface area contributed by atoms with Gasteiger partial charge >= 0.3 is 0 Å². The van der Waals surface area contributed by atoms with E-state index in [1.807, 2.05) is 0 Å². The van der Waals surface area contributed by atoms with Crippen LogP contribution in [0.1, 0.15) is 13.8 Å². The molecule has 0 heterocycles. The molecule has 3 N–H and O–H groups in total. The van der Waals surface area contributed by atoms with E-state index in [0.717, 1.165) is 6.54 Å². The number of nitrogens with zero attached hydrogens (tertiary/aromatic N) is 1. The van der Waals surface area contributed by atoms with E-state index in [4.69, 9.17) is 5.73 Å². The molecule has 0 aromatic carbocycles. The molecule has 0 aliphatic rings. The molecule has 0 aliphatic carbocycles. The average molecular weight is 175 g/mol. The Bertz CT molecular complexity index is 143. The Morgan fingerprint density at radius 3 is 2.55 bits per heavy atom. The molecule has 0 aromatic heterocycles. The zero-order valence-corrected chi connectivity index (χ0v) is 8.46. The lowest BCUT2D eigenvalue weighted by Gasteiger charge is -2.22. The number of guanidine groups is 1. The van der Waals surface area contributed by atoms with Crippen molar-refractivity contribution in [3.63, 3.8) is 0 Å². The first kappa shape index (κ1) is 10.6. The lowest BCUT2D eigenvalue weighted by Crippen LogP contribution is -2.40. The highest BCUT2D eigenvalue weighted by molar-refractivity contribution is 7.99. The number of aliphatic imine (C=N–C) groups is 1. The lowest BCUT2D eigenvalue weighted by molar-refractivity contribution is 0.676. The van der Waals surface area contributed by atoms with Crippen molar-refractivity contribution in [3.05, 3.63) is 0 Å². The number of thioether (sulfide) groups is 1. The van der Waals surface area contributed by atoms with Crippen LogP contribution in [0.15, 0.2) is 4.99 Å². The summed E-state index contributed by atoms with van der Waals surface area (Å²) in [4.78, 5) is 3.80. The van der Waals surface area contributed by atoms with Crippen molar-refractivity contribution in [2.45, 2.75) is 18.6 Å². The van der Waals surface area contributed by atoms with Gasteiger partial charge in [0.1, 0.15) is 0 Å². The van der Waals surface area contributed by atoms with Crippen molar-refractivity contribution in [3.8, 4) is 0 Å². The molecule has 0 spiro atoms. The minimum atomic E-state index is 0.218. The van der Waals surface area contributed by atoms with Gasteiger partial charge in [-0.3, -0.25) is 4.99 Å². The molecule has 0 aromatic rings. The highest BCUT2D eigenvalue weighted by Crippen LogP contribution is 2.19. The third-order valence-electron chi connectivity index (χ3n) is 1.49. The van der Waals surface area contributed by atoms with Crippen LogP contribution in [0.25, 0.3) is 0 Å². The smallest absolute Gasteiger partial charge is 0.188 e. The summed E-state index contributed by atoms with van der Waals surface area (Å²) in [6, 6.07) is 0. The van der Waals surface area contributed by atoms with Crippen molar-refractivity contribution in [1.29, 1.82) is 0 Å². The molecule has 3 nitrogen and oxygen atoms in total. The van der Waals surface area contributed by atoms with Gasteiger partial charge in [-0.25, -0.2) is 0 Å². The lowest BCUT2D eigenvalue weighted by atomic mass is 10.2. The van der Waals surface area contributed by atoms with Crippen LogP contribution in [0.4, 0.5) is 0 Å². The van der Waals surface area contributed by atoms with Crippen molar-refractivity contribution >= 4 is 17.7 Å². The Balaban J connectivity index is 3.70. The molecule has 0 atom stereocenters. The number of nitrogens with two attached hydrogens (primary N) is 1. The predicted octanol–water partition coefficient (Wildman–Crippen LogP) is 0.662. The van der Waals surface area contributed by atoms with Gasteiger partial charge in [-0.1, -0.05) is 0 Å². The summed E-state index contributed by atoms with van der Waals surface area (Å²) < 4.78 is 0.218. The fraction of sp³-hybridized carbons (Fsp3) is 0.857. The Morgan fingerprint density at radius 1 is 1.64 bits per heavy atom. The molecular formula is C7H17N3S. The van der Waals surface area contributed by atoms with Gasteiger partial charge in [0.15, 0.2) is 5.96 Å². The fourth-order valence-electron chi connectivity index (χ4n) is 0.455. The second-order valence-corrected chi connectivity index (χ2v) is 4.44. The minimum Gasteiger partial charge on any atom is -0.370 e. The third kappa shape index (κ3) is 4.95. The highest BCUT2D eigenvalue weighted by Gasteiger charge is 2.14. The van der Waals surface area contributed by atoms with Crippen LogP contribution >= 0.6 is 11.8 Å². The predicted molar refractivity (Wildman–Crippen MR) is 53.1 cm³/mol. The maximum absolute atomic E-state index is 5.46. The number of rotatable bonds is 3. The van der Waals surface area contributed by atoms with E-state index < -0.39 is 0 Å². The first-order valence-electron chi connectivity index (χ1n) is 3.53. The molecule has 11 heavy (non-hydrogen) atoms. The first-order chi connectivity index (χ1) is 5.02. The summed E-state index contributed by atoms with van der Waals surface area (Å²) in [5.74, 6) is 0.507. The topological polar surface area (TPSA) is 50.4 Å². The van der Waals surface area contributed by atoms with E-state index in [9.17, 15) is 0 Å². The summed E-state index contributed by atoms with van der Waals surface area (Å²) >= 11 is 1.81. The van der Waals surface area contributed by atoms with Crippen LogP contribution in [-0.4, -0.2) is 30.6 Å². The minimum absolute atomic E-state index is 0.218. The van der Waals surface area contributed by atoms with E-state index in [2.05, 4.69) is 30.4 Å². The Kier molecular flexibility index (Phi) is 4.33. The molecule has 0 rings (SSSR count). The van der Waals surface area contributed by atoms with Gasteiger partial charge in [-0.05, 0) is 20.1 Å². The van der Waals surface area contributed by atoms with Crippen LogP contribution in [0.2, 0.25) is 0 Å². The molecule has 0 bridgehead atoms. The number of hydrogen-bond acceptors (Lipinski definition) is 2. The normalized spacial score (nSPS) is 13.3. The summed E-state index contributed by atoms with van der Waals surface area (Å²) in [5, 5.41) is 3.03. The van der Waals surface area contributed by atoms with Crippen LogP contribution in [0, 0.1) is 0 Å². The van der Waals surface area contributed by atoms with Crippen LogP contribution in [0.3, 0.4) is 0 Å². The molecule has 0 radical (unpaired) electrons. The Morgan fingerprint density at radius 2 is 2.18 bits per heavy atom. The van der Waals surface area contributed by atoms with Crippen molar-refractivity contribution in [2.24, 2.45) is 10.7 Å². The molecule has 0 aliphatic heterocycles. The van der Waals surface area contributed by atoms with Gasteiger partial charge in [-0.15, -0.1) is 0 Å². The van der Waals surface area contributed by atoms with Gasteiger partial charge in [0, 0.05) is 18.3 Å². The van der Waals surface area contributed by atoms with Gasteiger partial charge in [0.25, 0.3) is 0 Å². The molecule has 0 saturated heterocycles. The van der Waals surface area contributed by atoms with Crippen LogP contribution in [0.5, 0.6) is 0 Å². The van der Waals surface area contributed by atoms with E-state index in [1.54, 1.807) is 18.8 Å². The molecule has 0 fully saturated rings. The highest BCUT2D eigenvalue weighted by atomic mass is 32.2. The molecule has 66 valence electrons. The summed E-state index contributed by atoms with van der Waals surface area (Å²) in [6.45, 7) is 5.17. The monoisotopic (exact) mass is 175 g/mol. The van der Waals surface area contributed by atoms with Gasteiger partial charge in [0.2, 0.25) is 0 Å². The summed E-state index contributed by atoms with van der Waals surface area (Å²) in [6.07, 6.45) is 2.08. The number of nitrogens with one attached hydrogen (secondary N) is 1. The molecule has 0 unspecified atom stereocenters. The zero-order chi connectivity index (χ0) is 8.91. The summed E-state index contributed by atoms with van der Waals surface area (Å²) in [7, 11) is 1.68. The maximum atomic E-state index is 5.46. The van der Waals surface area contributed by atoms with Crippen molar-refractivity contribution in [1.82, 2.24) is 5.32 Å². The molecule has 0 amide bonds. The second kappa shape index (κ2) is 4.49. The van der Waals surface area contributed by atoms with Crippen LogP contribution < -0.4 is 11.1 Å². The second-order valence-electron chi connectivity index (χ2n) is 2.93.